The Balaban J connectivity index is 1.78. The van der Waals surface area contributed by atoms with Crippen LogP contribution >= 0.6 is 35.0 Å². The molecule has 3 aromatic rings. The van der Waals surface area contributed by atoms with E-state index in [4.69, 9.17) is 23.2 Å². The Hall–Kier alpha value is -1.16. The second-order valence-corrected chi connectivity index (χ2v) is 5.86. The highest BCUT2D eigenvalue weighted by atomic mass is 35.5. The molecule has 96 valence electrons. The zero-order chi connectivity index (χ0) is 13.2. The van der Waals surface area contributed by atoms with E-state index in [9.17, 15) is 0 Å². The number of thioether (sulfide) groups is 1. The van der Waals surface area contributed by atoms with Crippen molar-refractivity contribution in [3.8, 4) is 0 Å². The maximum Gasteiger partial charge on any atom is 0.134 e. The molecule has 1 aromatic carbocycles. The number of fused-ring (bicyclic) bond motifs is 1. The fourth-order valence-corrected chi connectivity index (χ4v) is 3.26. The van der Waals surface area contributed by atoms with Crippen LogP contribution in [0.1, 0.15) is 5.56 Å². The number of halogens is 2. The zero-order valence-corrected chi connectivity index (χ0v) is 12.2. The molecule has 0 saturated heterocycles. The number of hydrogen-bond acceptors (Lipinski definition) is 2. The molecule has 0 aliphatic carbocycles. The minimum absolute atomic E-state index is 0.421. The maximum atomic E-state index is 6.06. The van der Waals surface area contributed by atoms with Crippen molar-refractivity contribution in [1.29, 1.82) is 0 Å². The smallest absolute Gasteiger partial charge is 0.134 e. The quantitative estimate of drug-likeness (QED) is 0.534. The summed E-state index contributed by atoms with van der Waals surface area (Å²) in [7, 11) is 0. The third-order valence-electron chi connectivity index (χ3n) is 2.78. The number of aromatic amines is 1. The van der Waals surface area contributed by atoms with Crippen LogP contribution in [0.2, 0.25) is 10.3 Å². The number of para-hydroxylation sites is 1. The van der Waals surface area contributed by atoms with Gasteiger partial charge in [-0.1, -0.05) is 47.5 Å². The van der Waals surface area contributed by atoms with E-state index in [2.05, 4.69) is 28.2 Å². The zero-order valence-electron chi connectivity index (χ0n) is 9.86. The predicted molar refractivity (Wildman–Crippen MR) is 82.1 cm³/mol. The van der Waals surface area contributed by atoms with Crippen LogP contribution in [0.5, 0.6) is 0 Å². The van der Waals surface area contributed by atoms with E-state index in [1.165, 1.54) is 5.39 Å². The number of hydrogen-bond donors (Lipinski definition) is 1. The first-order chi connectivity index (χ1) is 9.22. The highest BCUT2D eigenvalue weighted by Gasteiger charge is 2.05. The van der Waals surface area contributed by atoms with E-state index >= 15 is 0 Å². The number of aromatic nitrogens is 2. The van der Waals surface area contributed by atoms with Crippen molar-refractivity contribution in [3.05, 3.63) is 58.3 Å². The average molecular weight is 309 g/mol. The van der Waals surface area contributed by atoms with Gasteiger partial charge in [0.15, 0.2) is 0 Å². The van der Waals surface area contributed by atoms with Crippen molar-refractivity contribution in [3.63, 3.8) is 0 Å². The van der Waals surface area contributed by atoms with E-state index < -0.39 is 0 Å². The number of nitrogens with one attached hydrogen (secondary N) is 1. The van der Waals surface area contributed by atoms with Gasteiger partial charge in [-0.05, 0) is 23.8 Å². The number of H-pyrrole nitrogens is 1. The fourth-order valence-electron chi connectivity index (χ4n) is 1.83. The third-order valence-corrected chi connectivity index (χ3v) is 4.30. The van der Waals surface area contributed by atoms with E-state index in [-0.39, 0.29) is 0 Å². The molecule has 19 heavy (non-hydrogen) atoms. The van der Waals surface area contributed by atoms with Gasteiger partial charge >= 0.3 is 0 Å². The molecule has 2 heterocycles. The maximum absolute atomic E-state index is 6.06. The summed E-state index contributed by atoms with van der Waals surface area (Å²) < 4.78 is 0. The molecule has 0 bridgehead atoms. The second kappa shape index (κ2) is 5.45. The lowest BCUT2D eigenvalue weighted by Gasteiger charge is -2.02. The molecule has 2 nitrogen and oxygen atoms in total. The van der Waals surface area contributed by atoms with Gasteiger partial charge in [-0.2, -0.15) is 0 Å². The summed E-state index contributed by atoms with van der Waals surface area (Å²) in [4.78, 5) is 7.41. The molecule has 3 rings (SSSR count). The summed E-state index contributed by atoms with van der Waals surface area (Å²) in [5.74, 6) is 0.760. The van der Waals surface area contributed by atoms with Crippen LogP contribution < -0.4 is 0 Å². The van der Waals surface area contributed by atoms with Gasteiger partial charge < -0.3 is 4.98 Å². The van der Waals surface area contributed by atoms with Gasteiger partial charge in [0.2, 0.25) is 0 Å². The van der Waals surface area contributed by atoms with Gasteiger partial charge in [-0.3, -0.25) is 0 Å². The van der Waals surface area contributed by atoms with Gasteiger partial charge in [0.05, 0.1) is 5.03 Å². The Labute approximate surface area is 125 Å². The second-order valence-electron chi connectivity index (χ2n) is 4.09. The van der Waals surface area contributed by atoms with Gasteiger partial charge in [0, 0.05) is 16.7 Å². The summed E-state index contributed by atoms with van der Waals surface area (Å²) in [5, 5.41) is 3.22. The molecule has 1 N–H and O–H groups in total. The molecule has 0 saturated carbocycles. The minimum Gasteiger partial charge on any atom is -0.350 e. The van der Waals surface area contributed by atoms with Crippen LogP contribution in [0, 0.1) is 0 Å². The minimum atomic E-state index is 0.421. The first-order valence-corrected chi connectivity index (χ1v) is 7.48. The van der Waals surface area contributed by atoms with E-state index in [0.717, 1.165) is 21.9 Å². The number of rotatable bonds is 3. The van der Waals surface area contributed by atoms with Crippen molar-refractivity contribution >= 4 is 45.9 Å². The first kappa shape index (κ1) is 12.9. The van der Waals surface area contributed by atoms with Crippen LogP contribution in [0.25, 0.3) is 10.9 Å². The first-order valence-electron chi connectivity index (χ1n) is 5.74. The molecule has 0 radical (unpaired) electrons. The number of pyridine rings is 1. The normalized spacial score (nSPS) is 11.1. The monoisotopic (exact) mass is 308 g/mol. The van der Waals surface area contributed by atoms with Gasteiger partial charge in [0.1, 0.15) is 10.3 Å². The van der Waals surface area contributed by atoms with Crippen molar-refractivity contribution in [2.75, 3.05) is 0 Å². The molecule has 0 fully saturated rings. The lowest BCUT2D eigenvalue weighted by atomic mass is 10.3. The lowest BCUT2D eigenvalue weighted by Crippen LogP contribution is -1.86. The Kier molecular flexibility index (Phi) is 3.69. The standard InChI is InChI=1S/C14H10Cl2N2S/c15-12-6-5-10(14(16)18-12)8-19-13-7-9-3-1-2-4-11(9)17-13/h1-7,17H,8H2. The van der Waals surface area contributed by atoms with Crippen LogP contribution in [-0.4, -0.2) is 9.97 Å². The molecule has 0 aliphatic heterocycles. The highest BCUT2D eigenvalue weighted by molar-refractivity contribution is 7.98. The van der Waals surface area contributed by atoms with E-state index in [1.54, 1.807) is 17.8 Å². The SMILES string of the molecule is Clc1ccc(CSc2cc3ccccc3[nH]2)c(Cl)n1. The molecule has 0 aliphatic rings. The summed E-state index contributed by atoms with van der Waals surface area (Å²) in [6.45, 7) is 0. The molecular weight excluding hydrogens is 299 g/mol. The molecular formula is C14H10Cl2N2S. The average Bonchev–Trinajstić information content (AvgIpc) is 2.80. The molecule has 0 amide bonds. The van der Waals surface area contributed by atoms with Crippen molar-refractivity contribution < 1.29 is 0 Å². The Morgan fingerprint density at radius 2 is 1.95 bits per heavy atom. The van der Waals surface area contributed by atoms with Gasteiger partial charge in [-0.25, -0.2) is 4.98 Å². The largest absolute Gasteiger partial charge is 0.350 e. The Morgan fingerprint density at radius 1 is 1.11 bits per heavy atom. The van der Waals surface area contributed by atoms with Crippen LogP contribution in [0.3, 0.4) is 0 Å². The topological polar surface area (TPSA) is 28.7 Å². The predicted octanol–water partition coefficient (Wildman–Crippen LogP) is 5.16. The molecule has 0 unspecified atom stereocenters. The van der Waals surface area contributed by atoms with E-state index in [0.29, 0.717) is 10.3 Å². The summed E-state index contributed by atoms with van der Waals surface area (Å²) in [6, 6.07) is 14.0. The lowest BCUT2D eigenvalue weighted by molar-refractivity contribution is 1.21. The third kappa shape index (κ3) is 2.89. The molecule has 0 spiro atoms. The fraction of sp³-hybridized carbons (Fsp3) is 0.0714. The highest BCUT2D eigenvalue weighted by Crippen LogP contribution is 2.28. The van der Waals surface area contributed by atoms with Crippen LogP contribution in [-0.2, 0) is 5.75 Å². The van der Waals surface area contributed by atoms with Gasteiger partial charge in [-0.15, -0.1) is 11.8 Å². The summed E-state index contributed by atoms with van der Waals surface area (Å²) in [6.07, 6.45) is 0. The Morgan fingerprint density at radius 3 is 2.74 bits per heavy atom. The van der Waals surface area contributed by atoms with Crippen molar-refractivity contribution in [2.24, 2.45) is 0 Å². The Bertz CT molecular complexity index is 691. The van der Waals surface area contributed by atoms with Gasteiger partial charge in [0.25, 0.3) is 0 Å². The molecule has 2 aromatic heterocycles. The van der Waals surface area contributed by atoms with Crippen molar-refractivity contribution in [2.45, 2.75) is 10.8 Å². The van der Waals surface area contributed by atoms with Crippen molar-refractivity contribution in [1.82, 2.24) is 9.97 Å². The van der Waals surface area contributed by atoms with Crippen LogP contribution in [0.4, 0.5) is 0 Å². The number of nitrogens with zero attached hydrogens (tertiary/aromatic N) is 1. The van der Waals surface area contributed by atoms with Crippen LogP contribution in [0.15, 0.2) is 47.5 Å². The summed E-state index contributed by atoms with van der Waals surface area (Å²) in [5.41, 5.74) is 2.13. The van der Waals surface area contributed by atoms with E-state index in [1.807, 2.05) is 18.2 Å². The molecule has 5 heteroatoms. The summed E-state index contributed by atoms with van der Waals surface area (Å²) >= 11 is 13.5. The number of benzene rings is 1. The molecule has 0 atom stereocenters.